The maximum absolute atomic E-state index is 10.4. The van der Waals surface area contributed by atoms with Gasteiger partial charge in [0.1, 0.15) is 5.75 Å². The molecule has 0 amide bonds. The lowest BCUT2D eigenvalue weighted by Gasteiger charge is -1.99. The van der Waals surface area contributed by atoms with Gasteiger partial charge in [0.25, 0.3) is 0 Å². The van der Waals surface area contributed by atoms with Crippen LogP contribution in [-0.4, -0.2) is 12.0 Å². The molecule has 0 saturated carbocycles. The normalized spacial score (nSPS) is 11.1. The maximum Gasteiger partial charge on any atom is 0.243 e. The van der Waals surface area contributed by atoms with Gasteiger partial charge in [0.15, 0.2) is 0 Å². The zero-order valence-electron chi connectivity index (χ0n) is 8.06. The van der Waals surface area contributed by atoms with Crippen LogP contribution in [0, 0.1) is 10.1 Å². The number of rotatable bonds is 3. The van der Waals surface area contributed by atoms with Crippen molar-refractivity contribution >= 4 is 6.08 Å². The van der Waals surface area contributed by atoms with Crippen LogP contribution < -0.4 is 4.74 Å². The molecule has 1 rings (SSSR count). The zero-order valence-corrected chi connectivity index (χ0v) is 8.06. The molecule has 0 aliphatic rings. The second kappa shape index (κ2) is 4.41. The molecular weight excluding hydrogens is 182 g/mol. The van der Waals surface area contributed by atoms with Crippen molar-refractivity contribution in [2.45, 2.75) is 6.92 Å². The van der Waals surface area contributed by atoms with E-state index < -0.39 is 4.92 Å². The lowest BCUT2D eigenvalue weighted by molar-refractivity contribution is -0.422. The lowest BCUT2D eigenvalue weighted by atomic mass is 10.2. The predicted octanol–water partition coefficient (Wildman–Crippen LogP) is 2.33. The van der Waals surface area contributed by atoms with Crippen LogP contribution in [0.25, 0.3) is 6.08 Å². The summed E-state index contributed by atoms with van der Waals surface area (Å²) in [6.07, 6.45) is 1.50. The van der Waals surface area contributed by atoms with Gasteiger partial charge in [-0.3, -0.25) is 10.1 Å². The van der Waals surface area contributed by atoms with Gasteiger partial charge >= 0.3 is 0 Å². The van der Waals surface area contributed by atoms with Crippen LogP contribution in [0.2, 0.25) is 0 Å². The third kappa shape index (κ3) is 2.58. The third-order valence-electron chi connectivity index (χ3n) is 1.76. The van der Waals surface area contributed by atoms with E-state index in [0.717, 1.165) is 5.56 Å². The third-order valence-corrected chi connectivity index (χ3v) is 1.76. The summed E-state index contributed by atoms with van der Waals surface area (Å²) >= 11 is 0. The van der Waals surface area contributed by atoms with E-state index in [9.17, 15) is 10.1 Å². The molecule has 74 valence electrons. The zero-order chi connectivity index (χ0) is 10.6. The molecule has 0 fully saturated rings. The number of nitrogens with zero attached hydrogens (tertiary/aromatic N) is 1. The first-order valence-electron chi connectivity index (χ1n) is 4.10. The molecule has 1 aromatic carbocycles. The van der Waals surface area contributed by atoms with Gasteiger partial charge in [0.05, 0.1) is 12.0 Å². The smallest absolute Gasteiger partial charge is 0.243 e. The number of allylic oxidation sites excluding steroid dienone is 1. The highest BCUT2D eigenvalue weighted by molar-refractivity contribution is 5.52. The van der Waals surface area contributed by atoms with Crippen molar-refractivity contribution in [3.8, 4) is 5.75 Å². The van der Waals surface area contributed by atoms with Crippen molar-refractivity contribution in [3.63, 3.8) is 0 Å². The van der Waals surface area contributed by atoms with Gasteiger partial charge in [-0.05, 0) is 17.7 Å². The average molecular weight is 193 g/mol. The van der Waals surface area contributed by atoms with Crippen molar-refractivity contribution < 1.29 is 9.66 Å². The number of ether oxygens (including phenoxy) is 1. The molecule has 0 N–H and O–H groups in total. The molecule has 0 saturated heterocycles. The summed E-state index contributed by atoms with van der Waals surface area (Å²) in [6.45, 7) is 1.46. The molecule has 0 spiro atoms. The monoisotopic (exact) mass is 193 g/mol. The molecule has 1 aromatic rings. The Morgan fingerprint density at radius 3 is 2.86 bits per heavy atom. The van der Waals surface area contributed by atoms with E-state index in [1.54, 1.807) is 31.4 Å². The molecule has 0 aliphatic heterocycles. The number of methoxy groups -OCH3 is 1. The summed E-state index contributed by atoms with van der Waals surface area (Å²) in [5.41, 5.74) is 0.872. The molecule has 0 aliphatic carbocycles. The summed E-state index contributed by atoms with van der Waals surface area (Å²) in [7, 11) is 1.56. The summed E-state index contributed by atoms with van der Waals surface area (Å²) < 4.78 is 5.00. The molecule has 0 unspecified atom stereocenters. The van der Waals surface area contributed by atoms with Crippen molar-refractivity contribution in [3.05, 3.63) is 45.6 Å². The Hall–Kier alpha value is -1.84. The Bertz CT molecular complexity index is 371. The first-order chi connectivity index (χ1) is 6.63. The van der Waals surface area contributed by atoms with Gasteiger partial charge in [-0.1, -0.05) is 12.1 Å². The fraction of sp³-hybridized carbons (Fsp3) is 0.200. The van der Waals surface area contributed by atoms with Crippen molar-refractivity contribution in [2.75, 3.05) is 7.11 Å². The van der Waals surface area contributed by atoms with Crippen molar-refractivity contribution in [2.24, 2.45) is 0 Å². The molecular formula is C10H11NO3. The maximum atomic E-state index is 10.4. The van der Waals surface area contributed by atoms with E-state index in [0.29, 0.717) is 5.75 Å². The van der Waals surface area contributed by atoms with E-state index in [4.69, 9.17) is 4.74 Å². The van der Waals surface area contributed by atoms with Crippen molar-refractivity contribution in [1.82, 2.24) is 0 Å². The van der Waals surface area contributed by atoms with Crippen LogP contribution in [0.5, 0.6) is 5.75 Å². The second-order valence-electron chi connectivity index (χ2n) is 2.82. The molecule has 4 nitrogen and oxygen atoms in total. The number of nitro groups is 1. The van der Waals surface area contributed by atoms with Gasteiger partial charge in [-0.15, -0.1) is 0 Å². The molecule has 0 aromatic heterocycles. The van der Waals surface area contributed by atoms with Crippen LogP contribution in [-0.2, 0) is 0 Å². The highest BCUT2D eigenvalue weighted by Crippen LogP contribution is 2.15. The summed E-state index contributed by atoms with van der Waals surface area (Å²) in [5, 5.41) is 10.4. The standard InChI is InChI=1S/C10H11NO3/c1-8(11(12)13)6-9-4-3-5-10(7-9)14-2/h3-7H,1-2H3/b8-6-. The minimum atomic E-state index is -0.417. The summed E-state index contributed by atoms with van der Waals surface area (Å²) in [5.74, 6) is 0.690. The Kier molecular flexibility index (Phi) is 3.23. The fourth-order valence-corrected chi connectivity index (χ4v) is 1.03. The minimum absolute atomic E-state index is 0.109. The van der Waals surface area contributed by atoms with Crippen LogP contribution >= 0.6 is 0 Å². The summed E-state index contributed by atoms with van der Waals surface area (Å²) in [6, 6.07) is 7.11. The Morgan fingerprint density at radius 2 is 2.29 bits per heavy atom. The SMILES string of the molecule is COc1cccc(/C=C(/C)[N+](=O)[O-])c1. The quantitative estimate of drug-likeness (QED) is 0.546. The van der Waals surface area contributed by atoms with Gasteiger partial charge in [-0.25, -0.2) is 0 Å². The van der Waals surface area contributed by atoms with Gasteiger partial charge in [0, 0.05) is 13.0 Å². The van der Waals surface area contributed by atoms with E-state index in [2.05, 4.69) is 0 Å². The Balaban J connectivity index is 2.97. The summed E-state index contributed by atoms with van der Waals surface area (Å²) in [4.78, 5) is 9.95. The molecule has 0 radical (unpaired) electrons. The van der Waals surface area contributed by atoms with E-state index >= 15 is 0 Å². The number of benzene rings is 1. The highest BCUT2D eigenvalue weighted by atomic mass is 16.6. The molecule has 0 atom stereocenters. The minimum Gasteiger partial charge on any atom is -0.497 e. The number of hydrogen-bond acceptors (Lipinski definition) is 3. The van der Waals surface area contributed by atoms with Crippen LogP contribution in [0.3, 0.4) is 0 Å². The average Bonchev–Trinajstić information content (AvgIpc) is 2.18. The predicted molar refractivity (Wildman–Crippen MR) is 53.6 cm³/mol. The topological polar surface area (TPSA) is 52.4 Å². The van der Waals surface area contributed by atoms with Crippen LogP contribution in [0.4, 0.5) is 0 Å². The van der Waals surface area contributed by atoms with Gasteiger partial charge in [-0.2, -0.15) is 0 Å². The Morgan fingerprint density at radius 1 is 1.57 bits per heavy atom. The Labute approximate surface area is 82.0 Å². The van der Waals surface area contributed by atoms with E-state index in [1.165, 1.54) is 13.0 Å². The first-order valence-corrected chi connectivity index (χ1v) is 4.10. The highest BCUT2D eigenvalue weighted by Gasteiger charge is 2.02. The largest absolute Gasteiger partial charge is 0.497 e. The van der Waals surface area contributed by atoms with Gasteiger partial charge in [0.2, 0.25) is 5.70 Å². The van der Waals surface area contributed by atoms with E-state index in [-0.39, 0.29) is 5.70 Å². The molecule has 0 bridgehead atoms. The second-order valence-corrected chi connectivity index (χ2v) is 2.82. The first kappa shape index (κ1) is 10.2. The lowest BCUT2D eigenvalue weighted by Crippen LogP contribution is -1.93. The van der Waals surface area contributed by atoms with Crippen LogP contribution in [0.1, 0.15) is 12.5 Å². The fourth-order valence-electron chi connectivity index (χ4n) is 1.03. The van der Waals surface area contributed by atoms with E-state index in [1.807, 2.05) is 0 Å². The van der Waals surface area contributed by atoms with Gasteiger partial charge < -0.3 is 4.74 Å². The van der Waals surface area contributed by atoms with Crippen LogP contribution in [0.15, 0.2) is 30.0 Å². The van der Waals surface area contributed by atoms with Crippen molar-refractivity contribution in [1.29, 1.82) is 0 Å². The molecule has 4 heteroatoms. The molecule has 14 heavy (non-hydrogen) atoms. The molecule has 0 heterocycles. The number of hydrogen-bond donors (Lipinski definition) is 0.